The maximum Gasteiger partial charge on any atom is 0.164 e. The number of rotatable bonds is 1. The van der Waals surface area contributed by atoms with Gasteiger partial charge in [0.25, 0.3) is 0 Å². The van der Waals surface area contributed by atoms with Crippen LogP contribution in [0.3, 0.4) is 0 Å². The third kappa shape index (κ3) is 1.80. The summed E-state index contributed by atoms with van der Waals surface area (Å²) in [6, 6.07) is 11.8. The molecule has 0 atom stereocenters. The second-order valence-corrected chi connectivity index (χ2v) is 4.45. The Morgan fingerprint density at radius 1 is 1.22 bits per heavy atom. The predicted molar refractivity (Wildman–Crippen MR) is 76.8 cm³/mol. The van der Waals surface area contributed by atoms with Crippen molar-refractivity contribution in [2.24, 2.45) is 0 Å². The number of thiocarbonyl (C=S) groups is 1. The van der Waals surface area contributed by atoms with Crippen LogP contribution < -0.4 is 9.64 Å². The number of anilines is 1. The molecule has 3 nitrogen and oxygen atoms in total. The SMILES string of the molecule is CN1C(=S)/C(=C\c2ccc[nH]2)Oc2ccccc21. The van der Waals surface area contributed by atoms with Crippen molar-refractivity contribution < 1.29 is 4.74 Å². The van der Waals surface area contributed by atoms with E-state index < -0.39 is 0 Å². The number of benzene rings is 1. The van der Waals surface area contributed by atoms with Gasteiger partial charge in [0.2, 0.25) is 0 Å². The largest absolute Gasteiger partial charge is 0.452 e. The third-order valence-corrected chi connectivity index (χ3v) is 3.35. The average Bonchev–Trinajstić information content (AvgIpc) is 2.89. The second kappa shape index (κ2) is 4.31. The number of hydrogen-bond acceptors (Lipinski definition) is 2. The van der Waals surface area contributed by atoms with Crippen molar-refractivity contribution in [3.63, 3.8) is 0 Å². The highest BCUT2D eigenvalue weighted by Crippen LogP contribution is 2.34. The molecule has 1 aliphatic heterocycles. The predicted octanol–water partition coefficient (Wildman–Crippen LogP) is 3.21. The van der Waals surface area contributed by atoms with Crippen molar-refractivity contribution >= 4 is 29.0 Å². The summed E-state index contributed by atoms with van der Waals surface area (Å²) in [6.45, 7) is 0. The van der Waals surface area contributed by atoms with E-state index in [1.165, 1.54) is 0 Å². The van der Waals surface area contributed by atoms with Crippen molar-refractivity contribution in [2.75, 3.05) is 11.9 Å². The zero-order valence-corrected chi connectivity index (χ0v) is 10.7. The monoisotopic (exact) mass is 256 g/mol. The summed E-state index contributed by atoms with van der Waals surface area (Å²) in [4.78, 5) is 5.75. The lowest BCUT2D eigenvalue weighted by Crippen LogP contribution is -2.32. The number of para-hydroxylation sites is 2. The molecule has 18 heavy (non-hydrogen) atoms. The minimum absolute atomic E-state index is 0.684. The first-order valence-electron chi connectivity index (χ1n) is 5.66. The summed E-state index contributed by atoms with van der Waals surface area (Å²) in [7, 11) is 1.95. The lowest BCUT2D eigenvalue weighted by molar-refractivity contribution is 0.452. The Hall–Kier alpha value is -2.07. The van der Waals surface area contributed by atoms with E-state index in [0.29, 0.717) is 10.7 Å². The molecule has 0 radical (unpaired) electrons. The van der Waals surface area contributed by atoms with Gasteiger partial charge in [0.1, 0.15) is 4.99 Å². The standard InChI is InChI=1S/C14H12N2OS/c1-16-11-6-2-3-7-12(11)17-13(14(16)18)9-10-5-4-8-15-10/h2-9,15H,1H3/b13-9+. The average molecular weight is 256 g/mol. The molecule has 1 N–H and O–H groups in total. The van der Waals surface area contributed by atoms with Crippen LogP contribution in [0.2, 0.25) is 0 Å². The Kier molecular flexibility index (Phi) is 2.64. The van der Waals surface area contributed by atoms with Gasteiger partial charge >= 0.3 is 0 Å². The number of fused-ring (bicyclic) bond motifs is 1. The Morgan fingerprint density at radius 3 is 2.83 bits per heavy atom. The molecular formula is C14H12N2OS. The van der Waals surface area contributed by atoms with Crippen LogP contribution in [0, 0.1) is 0 Å². The number of nitrogens with one attached hydrogen (secondary N) is 1. The van der Waals surface area contributed by atoms with Gasteiger partial charge in [-0.25, -0.2) is 0 Å². The molecule has 3 rings (SSSR count). The van der Waals surface area contributed by atoms with E-state index in [4.69, 9.17) is 17.0 Å². The molecule has 1 aromatic carbocycles. The molecular weight excluding hydrogens is 244 g/mol. The van der Waals surface area contributed by atoms with Gasteiger partial charge in [-0.1, -0.05) is 24.4 Å². The van der Waals surface area contributed by atoms with E-state index in [-0.39, 0.29) is 0 Å². The lowest BCUT2D eigenvalue weighted by atomic mass is 10.2. The molecule has 2 heterocycles. The Balaban J connectivity index is 2.03. The number of likely N-dealkylation sites (N-methyl/N-ethyl adjacent to an activating group) is 1. The molecule has 0 saturated carbocycles. The fourth-order valence-electron chi connectivity index (χ4n) is 1.92. The van der Waals surface area contributed by atoms with E-state index >= 15 is 0 Å². The van der Waals surface area contributed by atoms with Crippen molar-refractivity contribution in [1.82, 2.24) is 4.98 Å². The van der Waals surface area contributed by atoms with Crippen LogP contribution in [0.15, 0.2) is 48.4 Å². The lowest BCUT2D eigenvalue weighted by Gasteiger charge is -2.29. The van der Waals surface area contributed by atoms with Crippen molar-refractivity contribution in [2.45, 2.75) is 0 Å². The Morgan fingerprint density at radius 2 is 2.06 bits per heavy atom. The minimum Gasteiger partial charge on any atom is -0.452 e. The van der Waals surface area contributed by atoms with E-state index in [2.05, 4.69) is 4.98 Å². The van der Waals surface area contributed by atoms with E-state index in [0.717, 1.165) is 17.1 Å². The number of hydrogen-bond donors (Lipinski definition) is 1. The second-order valence-electron chi connectivity index (χ2n) is 4.07. The molecule has 1 aromatic heterocycles. The molecule has 0 amide bonds. The van der Waals surface area contributed by atoms with Gasteiger partial charge < -0.3 is 14.6 Å². The fourth-order valence-corrected chi connectivity index (χ4v) is 2.12. The third-order valence-electron chi connectivity index (χ3n) is 2.87. The van der Waals surface area contributed by atoms with Gasteiger partial charge in [-0.3, -0.25) is 0 Å². The summed E-state index contributed by atoms with van der Waals surface area (Å²) in [6.07, 6.45) is 3.78. The highest BCUT2D eigenvalue weighted by Gasteiger charge is 2.23. The van der Waals surface area contributed by atoms with Crippen molar-refractivity contribution in [1.29, 1.82) is 0 Å². The van der Waals surface area contributed by atoms with E-state index in [1.807, 2.05) is 60.6 Å². The summed E-state index contributed by atoms with van der Waals surface area (Å²) in [5, 5.41) is 0. The smallest absolute Gasteiger partial charge is 0.164 e. The van der Waals surface area contributed by atoms with Gasteiger partial charge in [-0.15, -0.1) is 0 Å². The molecule has 0 aliphatic carbocycles. The summed E-state index contributed by atoms with van der Waals surface area (Å²) >= 11 is 5.42. The molecule has 4 heteroatoms. The minimum atomic E-state index is 0.684. The van der Waals surface area contributed by atoms with Gasteiger partial charge in [0.05, 0.1) is 5.69 Å². The van der Waals surface area contributed by atoms with Crippen molar-refractivity contribution in [3.8, 4) is 5.75 Å². The maximum absolute atomic E-state index is 5.85. The molecule has 0 unspecified atom stereocenters. The molecule has 2 aromatic rings. The Labute approximate surface area is 111 Å². The van der Waals surface area contributed by atoms with Crippen LogP contribution in [-0.4, -0.2) is 17.0 Å². The number of ether oxygens (including phenoxy) is 1. The zero-order valence-electron chi connectivity index (χ0n) is 9.88. The summed E-state index contributed by atoms with van der Waals surface area (Å²) in [5.74, 6) is 1.51. The number of aromatic amines is 1. The molecule has 0 fully saturated rings. The van der Waals surface area contributed by atoms with Crippen LogP contribution in [0.25, 0.3) is 6.08 Å². The number of H-pyrrole nitrogens is 1. The van der Waals surface area contributed by atoms with Crippen LogP contribution in [0.5, 0.6) is 5.75 Å². The quantitative estimate of drug-likeness (QED) is 0.627. The van der Waals surface area contributed by atoms with Crippen LogP contribution >= 0.6 is 12.2 Å². The topological polar surface area (TPSA) is 28.3 Å². The molecule has 0 spiro atoms. The van der Waals surface area contributed by atoms with E-state index in [1.54, 1.807) is 0 Å². The Bertz CT molecular complexity index is 616. The molecule has 0 saturated heterocycles. The summed E-state index contributed by atoms with van der Waals surface area (Å²) in [5.41, 5.74) is 1.96. The highest BCUT2D eigenvalue weighted by atomic mass is 32.1. The van der Waals surface area contributed by atoms with Crippen LogP contribution in [0.1, 0.15) is 5.69 Å². The fraction of sp³-hybridized carbons (Fsp3) is 0.0714. The van der Waals surface area contributed by atoms with Crippen LogP contribution in [-0.2, 0) is 0 Å². The molecule has 90 valence electrons. The first-order chi connectivity index (χ1) is 8.75. The van der Waals surface area contributed by atoms with Gasteiger partial charge in [0.15, 0.2) is 11.5 Å². The molecule has 1 aliphatic rings. The van der Waals surface area contributed by atoms with Crippen LogP contribution in [0.4, 0.5) is 5.69 Å². The number of aromatic nitrogens is 1. The zero-order chi connectivity index (χ0) is 12.5. The van der Waals surface area contributed by atoms with Crippen molar-refractivity contribution in [3.05, 3.63) is 54.0 Å². The molecule has 0 bridgehead atoms. The first kappa shape index (κ1) is 11.0. The maximum atomic E-state index is 5.85. The first-order valence-corrected chi connectivity index (χ1v) is 6.06. The number of nitrogens with zero attached hydrogens (tertiary/aromatic N) is 1. The normalized spacial score (nSPS) is 16.6. The van der Waals surface area contributed by atoms with Gasteiger partial charge in [0, 0.05) is 25.0 Å². The van der Waals surface area contributed by atoms with Gasteiger partial charge in [-0.2, -0.15) is 0 Å². The van der Waals surface area contributed by atoms with Gasteiger partial charge in [-0.05, 0) is 24.3 Å². The van der Waals surface area contributed by atoms with E-state index in [9.17, 15) is 0 Å². The summed E-state index contributed by atoms with van der Waals surface area (Å²) < 4.78 is 5.85. The highest BCUT2D eigenvalue weighted by molar-refractivity contribution is 7.81.